The highest BCUT2D eigenvalue weighted by Crippen LogP contribution is 2.25. The van der Waals surface area contributed by atoms with Crippen LogP contribution in [0.3, 0.4) is 0 Å². The average molecular weight is 270 g/mol. The van der Waals surface area contributed by atoms with Gasteiger partial charge in [0.15, 0.2) is 0 Å². The van der Waals surface area contributed by atoms with E-state index in [0.29, 0.717) is 12.3 Å². The standard InChI is InChI=1S/C15H18N4O/c20-14(10-12-2-1-5-16-11-12)19-8-3-13(4-9-19)15-17-6-7-18-15/h1-2,5-7,11,13H,3-4,8-10H2,(H,17,18). The number of carbonyl (C=O) groups excluding carboxylic acids is 1. The molecule has 1 saturated heterocycles. The van der Waals surface area contributed by atoms with E-state index in [1.165, 1.54) is 0 Å². The normalized spacial score (nSPS) is 16.3. The van der Waals surface area contributed by atoms with Crippen LogP contribution in [0.1, 0.15) is 30.1 Å². The lowest BCUT2D eigenvalue weighted by Crippen LogP contribution is -2.39. The van der Waals surface area contributed by atoms with Crippen molar-refractivity contribution in [2.24, 2.45) is 0 Å². The van der Waals surface area contributed by atoms with Crippen LogP contribution in [0, 0.1) is 0 Å². The molecule has 3 rings (SSSR count). The van der Waals surface area contributed by atoms with E-state index >= 15 is 0 Å². The Balaban J connectivity index is 1.54. The molecule has 0 saturated carbocycles. The molecule has 0 unspecified atom stereocenters. The van der Waals surface area contributed by atoms with Crippen LogP contribution in [0.5, 0.6) is 0 Å². The van der Waals surface area contributed by atoms with Crippen molar-refractivity contribution in [3.8, 4) is 0 Å². The minimum atomic E-state index is 0.191. The van der Waals surface area contributed by atoms with Gasteiger partial charge in [-0.25, -0.2) is 4.98 Å². The van der Waals surface area contributed by atoms with Crippen LogP contribution in [-0.4, -0.2) is 38.8 Å². The van der Waals surface area contributed by atoms with Crippen molar-refractivity contribution in [2.75, 3.05) is 13.1 Å². The van der Waals surface area contributed by atoms with E-state index in [0.717, 1.165) is 37.3 Å². The molecule has 1 aliphatic rings. The summed E-state index contributed by atoms with van der Waals surface area (Å²) in [7, 11) is 0. The van der Waals surface area contributed by atoms with Gasteiger partial charge in [-0.1, -0.05) is 6.07 Å². The molecule has 0 aliphatic carbocycles. The Labute approximate surface area is 118 Å². The van der Waals surface area contributed by atoms with Gasteiger partial charge >= 0.3 is 0 Å². The molecule has 5 nitrogen and oxygen atoms in total. The second-order valence-corrected chi connectivity index (χ2v) is 5.17. The number of imidazole rings is 1. The quantitative estimate of drug-likeness (QED) is 0.924. The molecule has 20 heavy (non-hydrogen) atoms. The average Bonchev–Trinajstić information content (AvgIpc) is 3.03. The summed E-state index contributed by atoms with van der Waals surface area (Å²) >= 11 is 0. The van der Waals surface area contributed by atoms with Gasteiger partial charge in [-0.3, -0.25) is 9.78 Å². The fourth-order valence-electron chi connectivity index (χ4n) is 2.69. The van der Waals surface area contributed by atoms with Crippen molar-refractivity contribution in [2.45, 2.75) is 25.2 Å². The second-order valence-electron chi connectivity index (χ2n) is 5.17. The van der Waals surface area contributed by atoms with Crippen molar-refractivity contribution in [3.63, 3.8) is 0 Å². The van der Waals surface area contributed by atoms with E-state index < -0.39 is 0 Å². The van der Waals surface area contributed by atoms with Gasteiger partial charge in [0, 0.05) is 43.8 Å². The predicted octanol–water partition coefficient (Wildman–Crippen LogP) is 1.75. The number of rotatable bonds is 3. The van der Waals surface area contributed by atoms with Crippen LogP contribution >= 0.6 is 0 Å². The Morgan fingerprint density at radius 1 is 1.35 bits per heavy atom. The Kier molecular flexibility index (Phi) is 3.76. The van der Waals surface area contributed by atoms with Crippen LogP contribution < -0.4 is 0 Å². The zero-order valence-corrected chi connectivity index (χ0v) is 11.3. The summed E-state index contributed by atoms with van der Waals surface area (Å²) in [5.74, 6) is 1.69. The molecule has 0 radical (unpaired) electrons. The first-order chi connectivity index (χ1) is 9.83. The smallest absolute Gasteiger partial charge is 0.227 e. The monoisotopic (exact) mass is 270 g/mol. The molecular weight excluding hydrogens is 252 g/mol. The summed E-state index contributed by atoms with van der Waals surface area (Å²) in [6, 6.07) is 3.81. The van der Waals surface area contributed by atoms with Crippen molar-refractivity contribution < 1.29 is 4.79 Å². The van der Waals surface area contributed by atoms with Gasteiger partial charge < -0.3 is 9.88 Å². The number of pyridine rings is 1. The first-order valence-corrected chi connectivity index (χ1v) is 6.99. The largest absolute Gasteiger partial charge is 0.348 e. The van der Waals surface area contributed by atoms with Crippen molar-refractivity contribution >= 4 is 5.91 Å². The van der Waals surface area contributed by atoms with Crippen LogP contribution in [0.15, 0.2) is 36.9 Å². The molecule has 0 spiro atoms. The number of aromatic amines is 1. The minimum Gasteiger partial charge on any atom is -0.348 e. The number of hydrogen-bond acceptors (Lipinski definition) is 3. The number of hydrogen-bond donors (Lipinski definition) is 1. The lowest BCUT2D eigenvalue weighted by atomic mass is 9.96. The first-order valence-electron chi connectivity index (χ1n) is 6.99. The Bertz CT molecular complexity index is 545. The van der Waals surface area contributed by atoms with Crippen molar-refractivity contribution in [1.29, 1.82) is 0 Å². The summed E-state index contributed by atoms with van der Waals surface area (Å²) in [5.41, 5.74) is 0.977. The summed E-state index contributed by atoms with van der Waals surface area (Å²) < 4.78 is 0. The molecule has 104 valence electrons. The van der Waals surface area contributed by atoms with Crippen LogP contribution in [0.2, 0.25) is 0 Å². The zero-order chi connectivity index (χ0) is 13.8. The predicted molar refractivity (Wildman–Crippen MR) is 75.1 cm³/mol. The highest BCUT2D eigenvalue weighted by atomic mass is 16.2. The highest BCUT2D eigenvalue weighted by molar-refractivity contribution is 5.78. The van der Waals surface area contributed by atoms with Crippen LogP contribution in [0.4, 0.5) is 0 Å². The summed E-state index contributed by atoms with van der Waals surface area (Å²) in [4.78, 5) is 25.7. The van der Waals surface area contributed by atoms with E-state index in [9.17, 15) is 4.79 Å². The maximum absolute atomic E-state index is 12.2. The third kappa shape index (κ3) is 2.87. The molecular formula is C15H18N4O. The van der Waals surface area contributed by atoms with E-state index in [2.05, 4.69) is 15.0 Å². The van der Waals surface area contributed by atoms with Gasteiger partial charge in [0.25, 0.3) is 0 Å². The third-order valence-electron chi connectivity index (χ3n) is 3.83. The Hall–Kier alpha value is -2.17. The fourth-order valence-corrected chi connectivity index (χ4v) is 2.69. The van der Waals surface area contributed by atoms with Gasteiger partial charge in [-0.05, 0) is 24.5 Å². The van der Waals surface area contributed by atoms with Gasteiger partial charge in [-0.15, -0.1) is 0 Å². The van der Waals surface area contributed by atoms with Gasteiger partial charge in [0.05, 0.1) is 6.42 Å². The number of H-pyrrole nitrogens is 1. The summed E-state index contributed by atoms with van der Waals surface area (Å²) in [6.07, 6.45) is 9.53. The number of nitrogens with one attached hydrogen (secondary N) is 1. The Morgan fingerprint density at radius 2 is 2.20 bits per heavy atom. The molecule has 5 heteroatoms. The summed E-state index contributed by atoms with van der Waals surface area (Å²) in [5, 5.41) is 0. The molecule has 1 aliphatic heterocycles. The van der Waals surface area contributed by atoms with E-state index in [4.69, 9.17) is 0 Å². The number of carbonyl (C=O) groups is 1. The number of aromatic nitrogens is 3. The molecule has 1 fully saturated rings. The fraction of sp³-hybridized carbons (Fsp3) is 0.400. The SMILES string of the molecule is O=C(Cc1cccnc1)N1CCC(c2ncc[nH]2)CC1. The highest BCUT2D eigenvalue weighted by Gasteiger charge is 2.24. The maximum Gasteiger partial charge on any atom is 0.227 e. The molecule has 2 aromatic rings. The lowest BCUT2D eigenvalue weighted by molar-refractivity contribution is -0.131. The molecule has 0 atom stereocenters. The Morgan fingerprint density at radius 3 is 2.85 bits per heavy atom. The first kappa shape index (κ1) is 12.8. The summed E-state index contributed by atoms with van der Waals surface area (Å²) in [6.45, 7) is 1.62. The van der Waals surface area contributed by atoms with Crippen molar-refractivity contribution in [1.82, 2.24) is 19.9 Å². The molecule has 0 aromatic carbocycles. The van der Waals surface area contributed by atoms with Crippen LogP contribution in [-0.2, 0) is 11.2 Å². The number of amides is 1. The topological polar surface area (TPSA) is 61.9 Å². The molecule has 2 aromatic heterocycles. The molecule has 0 bridgehead atoms. The number of nitrogens with zero attached hydrogens (tertiary/aromatic N) is 3. The lowest BCUT2D eigenvalue weighted by Gasteiger charge is -2.31. The van der Waals surface area contributed by atoms with E-state index in [-0.39, 0.29) is 5.91 Å². The maximum atomic E-state index is 12.2. The molecule has 1 N–H and O–H groups in total. The second kappa shape index (κ2) is 5.86. The number of likely N-dealkylation sites (tertiary alicyclic amines) is 1. The van der Waals surface area contributed by atoms with Gasteiger partial charge in [0.2, 0.25) is 5.91 Å². The van der Waals surface area contributed by atoms with Crippen LogP contribution in [0.25, 0.3) is 0 Å². The molecule has 1 amide bonds. The minimum absolute atomic E-state index is 0.191. The van der Waals surface area contributed by atoms with Crippen molar-refractivity contribution in [3.05, 3.63) is 48.3 Å². The number of piperidine rings is 1. The van der Waals surface area contributed by atoms with Gasteiger partial charge in [-0.2, -0.15) is 0 Å². The van der Waals surface area contributed by atoms with E-state index in [1.807, 2.05) is 23.2 Å². The zero-order valence-electron chi connectivity index (χ0n) is 11.3. The third-order valence-corrected chi connectivity index (χ3v) is 3.83. The van der Waals surface area contributed by atoms with E-state index in [1.54, 1.807) is 18.6 Å². The van der Waals surface area contributed by atoms with Gasteiger partial charge in [0.1, 0.15) is 5.82 Å². The molecule has 3 heterocycles.